The molecule has 4 aliphatic carbocycles. The Bertz CT molecular complexity index is 693. The highest BCUT2D eigenvalue weighted by atomic mass is 16.1. The van der Waals surface area contributed by atoms with Crippen LogP contribution in [0.25, 0.3) is 0 Å². The summed E-state index contributed by atoms with van der Waals surface area (Å²) >= 11 is 0. The van der Waals surface area contributed by atoms with Crippen molar-refractivity contribution in [2.24, 2.45) is 22.7 Å². The fourth-order valence-corrected chi connectivity index (χ4v) is 7.78. The first-order valence-corrected chi connectivity index (χ1v) is 10.2. The molecule has 2 nitrogen and oxygen atoms in total. The van der Waals surface area contributed by atoms with Gasteiger partial charge in [-0.15, -0.1) is 0 Å². The Morgan fingerprint density at radius 1 is 1.08 bits per heavy atom. The molecule has 4 saturated carbocycles. The van der Waals surface area contributed by atoms with Crippen molar-refractivity contribution in [1.82, 2.24) is 4.90 Å². The van der Waals surface area contributed by atoms with Crippen LogP contribution in [0.15, 0.2) is 30.3 Å². The molecule has 0 amide bonds. The number of nitrogens with zero attached hydrogens (tertiary/aromatic N) is 1. The smallest absolute Gasteiger partial charge is 0.139 e. The number of rotatable bonds is 4. The Hall–Kier alpha value is -1.15. The zero-order valence-corrected chi connectivity index (χ0v) is 15.8. The van der Waals surface area contributed by atoms with Crippen molar-refractivity contribution in [3.05, 3.63) is 35.9 Å². The molecular weight excluding hydrogens is 306 g/mol. The second-order valence-electron chi connectivity index (χ2n) is 10.5. The van der Waals surface area contributed by atoms with Crippen LogP contribution in [0, 0.1) is 22.7 Å². The number of benzene rings is 1. The quantitative estimate of drug-likeness (QED) is 0.810. The molecule has 1 aliphatic heterocycles. The topological polar surface area (TPSA) is 20.3 Å². The van der Waals surface area contributed by atoms with Gasteiger partial charge >= 0.3 is 0 Å². The predicted octanol–water partition coefficient (Wildman–Crippen LogP) is 4.44. The molecule has 0 N–H and O–H groups in total. The maximum absolute atomic E-state index is 13.5. The lowest BCUT2D eigenvalue weighted by atomic mass is 9.38. The van der Waals surface area contributed by atoms with Gasteiger partial charge in [0.05, 0.1) is 0 Å². The minimum absolute atomic E-state index is 0.0157. The number of carbonyl (C=O) groups is 1. The van der Waals surface area contributed by atoms with Crippen molar-refractivity contribution in [1.29, 1.82) is 0 Å². The summed E-state index contributed by atoms with van der Waals surface area (Å²) in [5, 5.41) is 0. The summed E-state index contributed by atoms with van der Waals surface area (Å²) in [6.45, 7) is 4.72. The van der Waals surface area contributed by atoms with Crippen molar-refractivity contribution < 1.29 is 4.79 Å². The Labute approximate surface area is 152 Å². The van der Waals surface area contributed by atoms with E-state index in [1.54, 1.807) is 0 Å². The van der Waals surface area contributed by atoms with Crippen molar-refractivity contribution >= 4 is 5.78 Å². The van der Waals surface area contributed by atoms with Crippen molar-refractivity contribution in [2.75, 3.05) is 20.1 Å². The number of hydrogen-bond donors (Lipinski definition) is 0. The van der Waals surface area contributed by atoms with E-state index >= 15 is 0 Å². The third kappa shape index (κ3) is 2.44. The van der Waals surface area contributed by atoms with Crippen LogP contribution in [0.2, 0.25) is 0 Å². The molecule has 4 atom stereocenters. The molecular formula is C23H31NO. The molecule has 6 rings (SSSR count). The van der Waals surface area contributed by atoms with Crippen LogP contribution in [0.1, 0.15) is 57.4 Å². The van der Waals surface area contributed by atoms with E-state index < -0.39 is 0 Å². The van der Waals surface area contributed by atoms with E-state index in [-0.39, 0.29) is 10.8 Å². The molecule has 25 heavy (non-hydrogen) atoms. The van der Waals surface area contributed by atoms with Crippen LogP contribution in [-0.4, -0.2) is 30.8 Å². The van der Waals surface area contributed by atoms with Gasteiger partial charge in [0, 0.05) is 24.9 Å². The van der Waals surface area contributed by atoms with Gasteiger partial charge in [-0.1, -0.05) is 37.3 Å². The molecule has 2 heteroatoms. The molecule has 1 heterocycles. The second-order valence-corrected chi connectivity index (χ2v) is 10.5. The third-order valence-corrected chi connectivity index (χ3v) is 7.94. The van der Waals surface area contributed by atoms with Gasteiger partial charge in [0.1, 0.15) is 5.78 Å². The lowest BCUT2D eigenvalue weighted by molar-refractivity contribution is -0.159. The van der Waals surface area contributed by atoms with Crippen LogP contribution in [-0.2, 0) is 10.2 Å². The van der Waals surface area contributed by atoms with E-state index in [1.165, 1.54) is 31.2 Å². The van der Waals surface area contributed by atoms with Crippen LogP contribution >= 0.6 is 0 Å². The largest absolute Gasteiger partial charge is 0.306 e. The van der Waals surface area contributed by atoms with Gasteiger partial charge in [0.25, 0.3) is 0 Å². The summed E-state index contributed by atoms with van der Waals surface area (Å²) in [6, 6.07) is 11.2. The average molecular weight is 338 g/mol. The number of hydrogen-bond acceptors (Lipinski definition) is 2. The molecule has 0 aromatic heterocycles. The third-order valence-electron chi connectivity index (χ3n) is 7.94. The molecule has 0 spiro atoms. The monoisotopic (exact) mass is 337 g/mol. The minimum atomic E-state index is -0.0157. The van der Waals surface area contributed by atoms with Gasteiger partial charge < -0.3 is 4.90 Å². The predicted molar refractivity (Wildman–Crippen MR) is 100 cm³/mol. The molecule has 4 unspecified atom stereocenters. The number of carbonyl (C=O) groups excluding carboxylic acids is 1. The van der Waals surface area contributed by atoms with Crippen LogP contribution < -0.4 is 0 Å². The second kappa shape index (κ2) is 5.19. The van der Waals surface area contributed by atoms with Gasteiger partial charge in [0.2, 0.25) is 0 Å². The molecule has 1 aromatic carbocycles. The molecule has 0 radical (unpaired) electrons. The summed E-state index contributed by atoms with van der Waals surface area (Å²) in [5.74, 6) is 1.99. The molecule has 5 aliphatic rings. The fourth-order valence-electron chi connectivity index (χ4n) is 7.78. The Morgan fingerprint density at radius 2 is 1.84 bits per heavy atom. The normalized spacial score (nSPS) is 43.2. The van der Waals surface area contributed by atoms with E-state index in [0.717, 1.165) is 38.3 Å². The number of ketones is 1. The first-order valence-electron chi connectivity index (χ1n) is 10.2. The minimum Gasteiger partial charge on any atom is -0.306 e. The maximum Gasteiger partial charge on any atom is 0.139 e. The number of likely N-dealkylation sites (tertiary alicyclic amines) is 1. The summed E-state index contributed by atoms with van der Waals surface area (Å²) in [6.07, 6.45) is 8.25. The van der Waals surface area contributed by atoms with E-state index in [0.29, 0.717) is 17.1 Å². The molecule has 5 fully saturated rings. The van der Waals surface area contributed by atoms with Crippen molar-refractivity contribution in [2.45, 2.75) is 57.3 Å². The van der Waals surface area contributed by atoms with Crippen molar-refractivity contribution in [3.63, 3.8) is 0 Å². The molecule has 1 saturated heterocycles. The lowest BCUT2D eigenvalue weighted by Gasteiger charge is -2.66. The highest BCUT2D eigenvalue weighted by Crippen LogP contribution is 2.70. The molecule has 1 aromatic rings. The summed E-state index contributed by atoms with van der Waals surface area (Å²) in [5.41, 5.74) is 2.13. The van der Waals surface area contributed by atoms with Gasteiger partial charge in [0.15, 0.2) is 0 Å². The average Bonchev–Trinajstić information content (AvgIpc) is 2.52. The van der Waals surface area contributed by atoms with Crippen LogP contribution in [0.3, 0.4) is 0 Å². The SMILES string of the molecule is CN1CC(CC(=O)C23CC4CC(C)(C2)CC(c2ccccc2)(C4)C3)C1. The lowest BCUT2D eigenvalue weighted by Crippen LogP contribution is -2.60. The van der Waals surface area contributed by atoms with E-state index in [4.69, 9.17) is 0 Å². The van der Waals surface area contributed by atoms with Gasteiger partial charge in [-0.3, -0.25) is 4.79 Å². The fraction of sp³-hybridized carbons (Fsp3) is 0.696. The maximum atomic E-state index is 13.5. The zero-order valence-electron chi connectivity index (χ0n) is 15.8. The first kappa shape index (κ1) is 16.1. The van der Waals surface area contributed by atoms with Gasteiger partial charge in [-0.25, -0.2) is 0 Å². The first-order chi connectivity index (χ1) is 11.9. The highest BCUT2D eigenvalue weighted by Gasteiger charge is 2.64. The van der Waals surface area contributed by atoms with E-state index in [9.17, 15) is 4.79 Å². The highest BCUT2D eigenvalue weighted by molar-refractivity contribution is 5.86. The van der Waals surface area contributed by atoms with E-state index in [1.807, 2.05) is 0 Å². The Kier molecular flexibility index (Phi) is 3.33. The molecule has 134 valence electrons. The van der Waals surface area contributed by atoms with E-state index in [2.05, 4.69) is 49.2 Å². The molecule has 4 bridgehead atoms. The summed E-state index contributed by atoms with van der Waals surface area (Å²) < 4.78 is 0. The van der Waals surface area contributed by atoms with Crippen LogP contribution in [0.5, 0.6) is 0 Å². The standard InChI is InChI=1S/C23H31NO/c1-21-9-18-10-22(14-21,19-6-4-3-5-7-19)16-23(11-18,15-21)20(25)8-17-12-24(2)13-17/h3-7,17-18H,8-16H2,1-2H3. The summed E-state index contributed by atoms with van der Waals surface area (Å²) in [7, 11) is 2.16. The zero-order chi connectivity index (χ0) is 17.3. The van der Waals surface area contributed by atoms with Gasteiger partial charge in [-0.05, 0) is 73.8 Å². The summed E-state index contributed by atoms with van der Waals surface area (Å²) in [4.78, 5) is 15.8. The van der Waals surface area contributed by atoms with Crippen LogP contribution in [0.4, 0.5) is 0 Å². The Morgan fingerprint density at radius 3 is 2.52 bits per heavy atom. The Balaban J connectivity index is 1.48. The van der Waals surface area contributed by atoms with Crippen molar-refractivity contribution in [3.8, 4) is 0 Å². The van der Waals surface area contributed by atoms with Gasteiger partial charge in [-0.2, -0.15) is 0 Å². The number of Topliss-reactive ketones (excluding diaryl/α,β-unsaturated/α-hetero) is 1.